The van der Waals surface area contributed by atoms with Gasteiger partial charge in [-0.15, -0.1) is 0 Å². The van der Waals surface area contributed by atoms with E-state index in [0.29, 0.717) is 43.2 Å². The van der Waals surface area contributed by atoms with Crippen LogP contribution in [0.25, 0.3) is 0 Å². The first kappa shape index (κ1) is 19.5. The van der Waals surface area contributed by atoms with Gasteiger partial charge in [0.1, 0.15) is 6.10 Å². The van der Waals surface area contributed by atoms with Crippen LogP contribution in [0.2, 0.25) is 0 Å². The molecule has 0 unspecified atom stereocenters. The number of ketones is 1. The van der Waals surface area contributed by atoms with Crippen LogP contribution in [-0.4, -0.2) is 56.1 Å². The second kappa shape index (κ2) is 8.66. The zero-order valence-corrected chi connectivity index (χ0v) is 16.5. The Bertz CT molecular complexity index is 876. The molecule has 0 saturated carbocycles. The van der Waals surface area contributed by atoms with Crippen LogP contribution >= 0.6 is 0 Å². The number of carbonyl (C=O) groups excluding carboxylic acids is 2. The molecule has 29 heavy (non-hydrogen) atoms. The average Bonchev–Trinajstić information content (AvgIpc) is 3.38. The molecule has 6 heteroatoms. The highest BCUT2D eigenvalue weighted by molar-refractivity contribution is 5.99. The Morgan fingerprint density at radius 1 is 1.17 bits per heavy atom. The van der Waals surface area contributed by atoms with Crippen LogP contribution in [0.5, 0.6) is 11.5 Å². The van der Waals surface area contributed by atoms with Crippen molar-refractivity contribution in [3.8, 4) is 11.5 Å². The second-order valence-electron chi connectivity index (χ2n) is 7.48. The first-order valence-electron chi connectivity index (χ1n) is 9.92. The third-order valence-electron chi connectivity index (χ3n) is 5.49. The molecule has 2 aromatic carbocycles. The van der Waals surface area contributed by atoms with Crippen molar-refractivity contribution in [1.82, 2.24) is 4.90 Å². The Morgan fingerprint density at radius 2 is 2.00 bits per heavy atom. The Hall–Kier alpha value is -2.86. The topological polar surface area (TPSA) is 65.1 Å². The fourth-order valence-corrected chi connectivity index (χ4v) is 3.86. The fourth-order valence-electron chi connectivity index (χ4n) is 3.86. The quantitative estimate of drug-likeness (QED) is 0.674. The van der Waals surface area contributed by atoms with Crippen molar-refractivity contribution < 1.29 is 23.8 Å². The maximum absolute atomic E-state index is 12.5. The molecule has 0 N–H and O–H groups in total. The van der Waals surface area contributed by atoms with E-state index in [2.05, 4.69) is 0 Å². The maximum Gasteiger partial charge on any atom is 0.223 e. The molecule has 2 aliphatic rings. The summed E-state index contributed by atoms with van der Waals surface area (Å²) in [5.41, 5.74) is 1.64. The number of methoxy groups -OCH3 is 1. The molecule has 2 aliphatic heterocycles. The summed E-state index contributed by atoms with van der Waals surface area (Å²) in [6.45, 7) is 1.91. The minimum atomic E-state index is -0.0420. The minimum absolute atomic E-state index is 0.00163. The lowest BCUT2D eigenvalue weighted by atomic mass is 9.98. The Morgan fingerprint density at radius 3 is 2.72 bits per heavy atom. The van der Waals surface area contributed by atoms with Crippen molar-refractivity contribution in [1.29, 1.82) is 0 Å². The number of hydrogen-bond donors (Lipinski definition) is 0. The SMILES string of the molecule is COc1ccc([C@@H]2CC(=O)N(CC(=O)c3ccccc3)C2)cc1O[C@@H]1CCOC1. The highest BCUT2D eigenvalue weighted by Crippen LogP contribution is 2.36. The van der Waals surface area contributed by atoms with Crippen LogP contribution < -0.4 is 9.47 Å². The largest absolute Gasteiger partial charge is 0.493 e. The lowest BCUT2D eigenvalue weighted by Gasteiger charge is -2.18. The zero-order valence-electron chi connectivity index (χ0n) is 16.5. The number of likely N-dealkylation sites (tertiary alicyclic amines) is 1. The summed E-state index contributed by atoms with van der Waals surface area (Å²) < 4.78 is 16.9. The van der Waals surface area contributed by atoms with E-state index in [1.165, 1.54) is 0 Å². The number of rotatable bonds is 7. The molecule has 0 radical (unpaired) electrons. The van der Waals surface area contributed by atoms with Crippen molar-refractivity contribution in [3.05, 3.63) is 59.7 Å². The molecule has 0 spiro atoms. The first-order valence-corrected chi connectivity index (χ1v) is 9.92. The number of hydrogen-bond acceptors (Lipinski definition) is 5. The van der Waals surface area contributed by atoms with Crippen LogP contribution in [0.15, 0.2) is 48.5 Å². The van der Waals surface area contributed by atoms with Gasteiger partial charge in [0.05, 0.1) is 26.9 Å². The fraction of sp³-hybridized carbons (Fsp3) is 0.391. The first-order chi connectivity index (χ1) is 14.1. The molecule has 2 aromatic rings. The molecule has 0 aliphatic carbocycles. The third kappa shape index (κ3) is 4.43. The predicted octanol–water partition coefficient (Wildman–Crippen LogP) is 3.06. The van der Waals surface area contributed by atoms with Gasteiger partial charge in [-0.05, 0) is 17.7 Å². The summed E-state index contributed by atoms with van der Waals surface area (Å²) in [4.78, 5) is 26.6. The zero-order chi connectivity index (χ0) is 20.2. The summed E-state index contributed by atoms with van der Waals surface area (Å²) in [5, 5.41) is 0. The number of Topliss-reactive ketones (excluding diaryl/α,β-unsaturated/α-hetero) is 1. The summed E-state index contributed by atoms with van der Waals surface area (Å²) in [5.74, 6) is 1.33. The van der Waals surface area contributed by atoms with Gasteiger partial charge in [0, 0.05) is 30.9 Å². The van der Waals surface area contributed by atoms with Gasteiger partial charge in [-0.1, -0.05) is 36.4 Å². The number of ether oxygens (including phenoxy) is 3. The van der Waals surface area contributed by atoms with E-state index in [0.717, 1.165) is 12.0 Å². The van der Waals surface area contributed by atoms with Crippen LogP contribution in [-0.2, 0) is 9.53 Å². The van der Waals surface area contributed by atoms with Crippen molar-refractivity contribution in [2.45, 2.75) is 24.9 Å². The summed E-state index contributed by atoms with van der Waals surface area (Å²) in [6.07, 6.45) is 1.26. The number of carbonyl (C=O) groups is 2. The summed E-state index contributed by atoms with van der Waals surface area (Å²) in [7, 11) is 1.61. The van der Waals surface area contributed by atoms with Crippen molar-refractivity contribution in [2.24, 2.45) is 0 Å². The van der Waals surface area contributed by atoms with E-state index in [9.17, 15) is 9.59 Å². The van der Waals surface area contributed by atoms with Gasteiger partial charge in [-0.3, -0.25) is 9.59 Å². The molecule has 0 bridgehead atoms. The smallest absolute Gasteiger partial charge is 0.223 e. The molecule has 1 amide bonds. The van der Waals surface area contributed by atoms with Gasteiger partial charge in [-0.2, -0.15) is 0 Å². The number of nitrogens with zero attached hydrogens (tertiary/aromatic N) is 1. The second-order valence-corrected chi connectivity index (χ2v) is 7.48. The Labute approximate surface area is 170 Å². The van der Waals surface area contributed by atoms with Crippen LogP contribution in [0.3, 0.4) is 0 Å². The average molecular weight is 395 g/mol. The Kier molecular flexibility index (Phi) is 5.81. The standard InChI is InChI=1S/C23H25NO5/c1-27-21-8-7-17(11-22(21)29-19-9-10-28-15-19)18-12-23(26)24(13-18)14-20(25)16-5-3-2-4-6-16/h2-8,11,18-19H,9-10,12-15H2,1H3/t18-,19-/m1/s1. The van der Waals surface area contributed by atoms with E-state index < -0.39 is 0 Å². The van der Waals surface area contributed by atoms with Crippen LogP contribution in [0.1, 0.15) is 34.7 Å². The highest BCUT2D eigenvalue weighted by Gasteiger charge is 2.32. The van der Waals surface area contributed by atoms with E-state index >= 15 is 0 Å². The van der Waals surface area contributed by atoms with Gasteiger partial charge >= 0.3 is 0 Å². The normalized spacial score (nSPS) is 21.4. The molecule has 2 fully saturated rings. The van der Waals surface area contributed by atoms with Gasteiger partial charge in [0.2, 0.25) is 5.91 Å². The Balaban J connectivity index is 1.46. The molecule has 2 atom stereocenters. The number of benzene rings is 2. The highest BCUT2D eigenvalue weighted by atomic mass is 16.6. The van der Waals surface area contributed by atoms with E-state index in [4.69, 9.17) is 14.2 Å². The monoisotopic (exact) mass is 395 g/mol. The van der Waals surface area contributed by atoms with E-state index in [1.807, 2.05) is 36.4 Å². The summed E-state index contributed by atoms with van der Waals surface area (Å²) >= 11 is 0. The molecule has 4 rings (SSSR count). The molecule has 6 nitrogen and oxygen atoms in total. The van der Waals surface area contributed by atoms with Gasteiger partial charge in [0.25, 0.3) is 0 Å². The lowest BCUT2D eigenvalue weighted by Crippen LogP contribution is -2.31. The molecule has 0 aromatic heterocycles. The number of amides is 1. The molecule has 2 heterocycles. The third-order valence-corrected chi connectivity index (χ3v) is 5.49. The molecular weight excluding hydrogens is 370 g/mol. The summed E-state index contributed by atoms with van der Waals surface area (Å²) in [6, 6.07) is 14.9. The van der Waals surface area contributed by atoms with Gasteiger partial charge < -0.3 is 19.1 Å². The maximum atomic E-state index is 12.5. The predicted molar refractivity (Wildman–Crippen MR) is 108 cm³/mol. The van der Waals surface area contributed by atoms with Gasteiger partial charge in [0.15, 0.2) is 17.3 Å². The van der Waals surface area contributed by atoms with E-state index in [1.54, 1.807) is 24.1 Å². The molecule has 152 valence electrons. The lowest BCUT2D eigenvalue weighted by molar-refractivity contribution is -0.127. The molecular formula is C23H25NO5. The van der Waals surface area contributed by atoms with Crippen molar-refractivity contribution in [3.63, 3.8) is 0 Å². The molecule has 2 saturated heterocycles. The minimum Gasteiger partial charge on any atom is -0.493 e. The van der Waals surface area contributed by atoms with Crippen molar-refractivity contribution >= 4 is 11.7 Å². The van der Waals surface area contributed by atoms with Gasteiger partial charge in [-0.25, -0.2) is 0 Å². The van der Waals surface area contributed by atoms with Crippen LogP contribution in [0.4, 0.5) is 0 Å². The van der Waals surface area contributed by atoms with Crippen molar-refractivity contribution in [2.75, 3.05) is 33.4 Å². The van der Waals surface area contributed by atoms with E-state index in [-0.39, 0.29) is 30.3 Å². The van der Waals surface area contributed by atoms with Crippen LogP contribution in [0, 0.1) is 0 Å².